The molecule has 9 heteroatoms. The first-order valence-electron chi connectivity index (χ1n) is 8.18. The van der Waals surface area contributed by atoms with E-state index < -0.39 is 12.2 Å². The summed E-state index contributed by atoms with van der Waals surface area (Å²) in [5.41, 5.74) is 0.716. The van der Waals surface area contributed by atoms with Gasteiger partial charge >= 0.3 is 0 Å². The Hall–Kier alpha value is -1.54. The normalized spacial score (nSPS) is 16.1. The van der Waals surface area contributed by atoms with Crippen molar-refractivity contribution in [3.8, 4) is 6.07 Å². The van der Waals surface area contributed by atoms with Gasteiger partial charge in [-0.2, -0.15) is 5.26 Å². The lowest BCUT2D eigenvalue weighted by atomic mass is 10.1. The number of benzene rings is 1. The first-order valence-corrected chi connectivity index (χ1v) is 8.18. The van der Waals surface area contributed by atoms with Crippen LogP contribution in [-0.2, 0) is 6.54 Å². The van der Waals surface area contributed by atoms with Gasteiger partial charge in [0.1, 0.15) is 5.82 Å². The molecule has 1 fully saturated rings. The van der Waals surface area contributed by atoms with E-state index in [0.29, 0.717) is 24.6 Å². The third kappa shape index (κ3) is 6.99. The summed E-state index contributed by atoms with van der Waals surface area (Å²) in [5.74, 6) is 0.0957. The maximum absolute atomic E-state index is 13.9. The van der Waals surface area contributed by atoms with Crippen LogP contribution >= 0.6 is 24.0 Å². The second-order valence-corrected chi connectivity index (χ2v) is 5.95. The molecule has 1 aliphatic rings. The summed E-state index contributed by atoms with van der Waals surface area (Å²) >= 11 is 0. The molecular formula is C17H23F3IN5. The summed E-state index contributed by atoms with van der Waals surface area (Å²) in [6, 6.07) is 6.37. The number of piperidine rings is 1. The zero-order valence-electron chi connectivity index (χ0n) is 14.5. The van der Waals surface area contributed by atoms with Crippen LogP contribution in [0, 0.1) is 17.1 Å². The van der Waals surface area contributed by atoms with E-state index in [1.807, 2.05) is 6.07 Å². The summed E-state index contributed by atoms with van der Waals surface area (Å²) in [6.45, 7) is 1.28. The Morgan fingerprint density at radius 2 is 2.08 bits per heavy atom. The third-order valence-corrected chi connectivity index (χ3v) is 4.18. The van der Waals surface area contributed by atoms with Crippen molar-refractivity contribution in [2.24, 2.45) is 4.99 Å². The number of alkyl halides is 2. The molecule has 0 radical (unpaired) electrons. The minimum atomic E-state index is -2.30. The lowest BCUT2D eigenvalue weighted by Gasteiger charge is -2.32. The summed E-state index contributed by atoms with van der Waals surface area (Å²) in [5, 5.41) is 15.0. The SMILES string of the molecule is CN=C(NCc1ccc(C#N)cc1F)NC1CCN(CC(F)F)CC1.I. The van der Waals surface area contributed by atoms with E-state index in [-0.39, 0.29) is 48.7 Å². The van der Waals surface area contributed by atoms with Crippen molar-refractivity contribution in [1.29, 1.82) is 5.26 Å². The van der Waals surface area contributed by atoms with Crippen LogP contribution < -0.4 is 10.6 Å². The van der Waals surface area contributed by atoms with Crippen molar-refractivity contribution in [2.45, 2.75) is 31.9 Å². The van der Waals surface area contributed by atoms with Crippen LogP contribution in [0.4, 0.5) is 13.2 Å². The average Bonchev–Trinajstić information content (AvgIpc) is 2.60. The number of likely N-dealkylation sites (tertiary alicyclic amines) is 1. The van der Waals surface area contributed by atoms with Crippen LogP contribution in [0.2, 0.25) is 0 Å². The zero-order chi connectivity index (χ0) is 18.2. The number of halogens is 4. The first-order chi connectivity index (χ1) is 12.0. The second kappa shape index (κ2) is 11.2. The predicted octanol–water partition coefficient (Wildman–Crippen LogP) is 2.71. The molecule has 0 spiro atoms. The number of guanidine groups is 1. The van der Waals surface area contributed by atoms with Gasteiger partial charge in [0.15, 0.2) is 5.96 Å². The molecule has 0 bridgehead atoms. The molecule has 0 unspecified atom stereocenters. The Bertz CT molecular complexity index is 640. The van der Waals surface area contributed by atoms with Gasteiger partial charge in [-0.15, -0.1) is 24.0 Å². The quantitative estimate of drug-likeness (QED) is 0.386. The topological polar surface area (TPSA) is 63.5 Å². The van der Waals surface area contributed by atoms with Crippen molar-refractivity contribution in [2.75, 3.05) is 26.7 Å². The van der Waals surface area contributed by atoms with E-state index in [0.717, 1.165) is 12.8 Å². The fraction of sp³-hybridized carbons (Fsp3) is 0.529. The maximum Gasteiger partial charge on any atom is 0.251 e. The van der Waals surface area contributed by atoms with Gasteiger partial charge in [-0.05, 0) is 25.0 Å². The Morgan fingerprint density at radius 1 is 1.38 bits per heavy atom. The minimum absolute atomic E-state index is 0. The molecule has 1 saturated heterocycles. The van der Waals surface area contributed by atoms with Crippen LogP contribution in [0.3, 0.4) is 0 Å². The number of aliphatic imine (C=N–C) groups is 1. The van der Waals surface area contributed by atoms with Crippen LogP contribution in [0.25, 0.3) is 0 Å². The Kier molecular flexibility index (Phi) is 9.72. The number of nitrogens with one attached hydrogen (secondary N) is 2. The molecule has 26 heavy (non-hydrogen) atoms. The van der Waals surface area contributed by atoms with Crippen LogP contribution in [0.1, 0.15) is 24.0 Å². The molecule has 1 aliphatic heterocycles. The Labute approximate surface area is 168 Å². The highest BCUT2D eigenvalue weighted by atomic mass is 127. The van der Waals surface area contributed by atoms with Gasteiger partial charge in [-0.25, -0.2) is 13.2 Å². The van der Waals surface area contributed by atoms with E-state index in [1.54, 1.807) is 24.1 Å². The Balaban J connectivity index is 0.00000338. The standard InChI is InChI=1S/C17H22F3N5.HI/c1-22-17(23-10-13-3-2-12(9-21)8-15(13)18)24-14-4-6-25(7-5-14)11-16(19)20;/h2-3,8,14,16H,4-7,10-11H2,1H3,(H2,22,23,24);1H. The molecule has 0 aromatic heterocycles. The van der Waals surface area contributed by atoms with Crippen LogP contribution in [-0.4, -0.2) is 50.0 Å². The number of hydrogen-bond donors (Lipinski definition) is 2. The van der Waals surface area contributed by atoms with E-state index in [2.05, 4.69) is 15.6 Å². The largest absolute Gasteiger partial charge is 0.354 e. The smallest absolute Gasteiger partial charge is 0.251 e. The van der Waals surface area contributed by atoms with Crippen molar-refractivity contribution in [1.82, 2.24) is 15.5 Å². The van der Waals surface area contributed by atoms with E-state index in [9.17, 15) is 13.2 Å². The number of rotatable bonds is 5. The average molecular weight is 481 g/mol. The summed E-state index contributed by atoms with van der Waals surface area (Å²) in [6.07, 6.45) is -0.807. The molecule has 0 atom stereocenters. The van der Waals surface area contributed by atoms with Crippen molar-refractivity contribution < 1.29 is 13.2 Å². The van der Waals surface area contributed by atoms with Gasteiger partial charge in [0, 0.05) is 38.3 Å². The third-order valence-electron chi connectivity index (χ3n) is 4.18. The number of nitriles is 1. The van der Waals surface area contributed by atoms with Crippen molar-refractivity contribution >= 4 is 29.9 Å². The molecule has 5 nitrogen and oxygen atoms in total. The van der Waals surface area contributed by atoms with E-state index >= 15 is 0 Å². The van der Waals surface area contributed by atoms with Crippen molar-refractivity contribution in [3.05, 3.63) is 35.1 Å². The van der Waals surface area contributed by atoms with Gasteiger partial charge in [-0.3, -0.25) is 9.89 Å². The number of hydrogen-bond acceptors (Lipinski definition) is 3. The fourth-order valence-corrected chi connectivity index (χ4v) is 2.78. The number of nitrogens with zero attached hydrogens (tertiary/aromatic N) is 3. The molecule has 0 saturated carbocycles. The highest BCUT2D eigenvalue weighted by molar-refractivity contribution is 14.0. The van der Waals surface area contributed by atoms with Crippen LogP contribution in [0.15, 0.2) is 23.2 Å². The van der Waals surface area contributed by atoms with Gasteiger partial charge in [0.2, 0.25) is 0 Å². The molecule has 2 rings (SSSR count). The predicted molar refractivity (Wildman–Crippen MR) is 105 cm³/mol. The Morgan fingerprint density at radius 3 is 2.62 bits per heavy atom. The highest BCUT2D eigenvalue weighted by Crippen LogP contribution is 2.12. The monoisotopic (exact) mass is 481 g/mol. The van der Waals surface area contributed by atoms with Crippen molar-refractivity contribution in [3.63, 3.8) is 0 Å². The van der Waals surface area contributed by atoms with Gasteiger partial charge < -0.3 is 10.6 Å². The minimum Gasteiger partial charge on any atom is -0.354 e. The van der Waals surface area contributed by atoms with E-state index in [4.69, 9.17) is 5.26 Å². The van der Waals surface area contributed by atoms with Gasteiger partial charge in [-0.1, -0.05) is 6.07 Å². The second-order valence-electron chi connectivity index (χ2n) is 5.95. The fourth-order valence-electron chi connectivity index (χ4n) is 2.78. The maximum atomic E-state index is 13.9. The molecular weight excluding hydrogens is 458 g/mol. The van der Waals surface area contributed by atoms with Crippen LogP contribution in [0.5, 0.6) is 0 Å². The molecule has 0 aliphatic carbocycles. The van der Waals surface area contributed by atoms with Gasteiger partial charge in [0.25, 0.3) is 6.43 Å². The summed E-state index contributed by atoms with van der Waals surface area (Å²) < 4.78 is 38.7. The molecule has 1 aromatic carbocycles. The molecule has 1 aromatic rings. The highest BCUT2D eigenvalue weighted by Gasteiger charge is 2.22. The molecule has 2 N–H and O–H groups in total. The molecule has 1 heterocycles. The van der Waals surface area contributed by atoms with E-state index in [1.165, 1.54) is 6.07 Å². The lowest BCUT2D eigenvalue weighted by Crippen LogP contribution is -2.49. The lowest BCUT2D eigenvalue weighted by molar-refractivity contribution is 0.0744. The summed E-state index contributed by atoms with van der Waals surface area (Å²) in [7, 11) is 1.62. The molecule has 0 amide bonds. The summed E-state index contributed by atoms with van der Waals surface area (Å²) in [4.78, 5) is 5.87. The molecule has 144 valence electrons. The first kappa shape index (κ1) is 22.5. The zero-order valence-corrected chi connectivity index (χ0v) is 16.8. The van der Waals surface area contributed by atoms with Gasteiger partial charge in [0.05, 0.1) is 18.2 Å².